The topological polar surface area (TPSA) is 24.7 Å². The van der Waals surface area contributed by atoms with E-state index in [4.69, 9.17) is 10.2 Å². The molecule has 1 heterocycles. The molecule has 1 atom stereocenters. The molecule has 2 nitrogen and oxygen atoms in total. The van der Waals surface area contributed by atoms with Crippen LogP contribution in [0, 0.1) is 0 Å². The van der Waals surface area contributed by atoms with Gasteiger partial charge in [0.15, 0.2) is 5.78 Å². The fourth-order valence-corrected chi connectivity index (χ4v) is 10.2. The number of benzene rings is 5. The quantitative estimate of drug-likeness (QED) is 0.230. The van der Waals surface area contributed by atoms with Crippen LogP contribution in [0.15, 0.2) is 162 Å². The van der Waals surface area contributed by atoms with Crippen molar-refractivity contribution in [1.82, 2.24) is 0 Å². The van der Waals surface area contributed by atoms with E-state index in [2.05, 4.69) is 152 Å². The number of rotatable bonds is 6. The maximum Gasteiger partial charge on any atom is 0.194 e. The monoisotopic (exact) mass is 483 g/mol. The molecular formula is C33H28N2P+. The first-order chi connectivity index (χ1) is 17.8. The molecule has 6 rings (SSSR count). The van der Waals surface area contributed by atoms with E-state index in [1.807, 2.05) is 0 Å². The van der Waals surface area contributed by atoms with Gasteiger partial charge in [0.1, 0.15) is 28.7 Å². The van der Waals surface area contributed by atoms with Gasteiger partial charge < -0.3 is 0 Å². The molecule has 0 saturated carbocycles. The molecule has 0 amide bonds. The van der Waals surface area contributed by atoms with Gasteiger partial charge in [0, 0.05) is 6.42 Å². The summed E-state index contributed by atoms with van der Waals surface area (Å²) in [5.74, 6) is 0.00473. The number of nitrogens with zero attached hydrogens (tertiary/aromatic N) is 2. The molecule has 0 aromatic heterocycles. The Bertz CT molecular complexity index is 1300. The molecule has 1 aliphatic heterocycles. The first-order valence-electron chi connectivity index (χ1n) is 12.4. The second-order valence-corrected chi connectivity index (χ2v) is 12.8. The summed E-state index contributed by atoms with van der Waals surface area (Å²) in [6.07, 6.45) is 0.813. The van der Waals surface area contributed by atoms with E-state index < -0.39 is 12.8 Å². The lowest BCUT2D eigenvalue weighted by atomic mass is 9.81. The predicted octanol–water partition coefficient (Wildman–Crippen LogP) is 7.11. The zero-order valence-corrected chi connectivity index (χ0v) is 21.0. The molecule has 5 aromatic rings. The Morgan fingerprint density at radius 2 is 0.806 bits per heavy atom. The molecule has 3 heteroatoms. The van der Waals surface area contributed by atoms with Gasteiger partial charge in [-0.3, -0.25) is 0 Å². The maximum atomic E-state index is 5.22. The van der Waals surface area contributed by atoms with E-state index in [9.17, 15) is 0 Å². The summed E-state index contributed by atoms with van der Waals surface area (Å²) in [6.45, 7) is 0. The SMILES string of the molecule is c1ccc(C2(c3ccccc3)C[C@H]([P+](c3ccccc3)(c3ccccc3)c3ccccc3)N=N2)cc1. The third-order valence-corrected chi connectivity index (χ3v) is 11.8. The first kappa shape index (κ1) is 22.6. The summed E-state index contributed by atoms with van der Waals surface area (Å²) in [5.41, 5.74) is 1.86. The van der Waals surface area contributed by atoms with Crippen molar-refractivity contribution >= 4 is 23.2 Å². The van der Waals surface area contributed by atoms with Gasteiger partial charge in [-0.1, -0.05) is 115 Å². The zero-order chi connectivity index (χ0) is 24.3. The van der Waals surface area contributed by atoms with E-state index in [0.717, 1.165) is 6.42 Å². The van der Waals surface area contributed by atoms with Gasteiger partial charge in [0.25, 0.3) is 0 Å². The van der Waals surface area contributed by atoms with Crippen LogP contribution >= 0.6 is 7.26 Å². The molecule has 174 valence electrons. The summed E-state index contributed by atoms with van der Waals surface area (Å²) in [5, 5.41) is 14.4. The van der Waals surface area contributed by atoms with Crippen molar-refractivity contribution in [2.45, 2.75) is 17.7 Å². The fraction of sp³-hybridized carbons (Fsp3) is 0.0909. The minimum atomic E-state index is -2.18. The van der Waals surface area contributed by atoms with E-state index in [0.29, 0.717) is 0 Å². The average Bonchev–Trinajstić information content (AvgIpc) is 3.43. The zero-order valence-electron chi connectivity index (χ0n) is 20.1. The lowest BCUT2D eigenvalue weighted by Crippen LogP contribution is -2.39. The molecular weight excluding hydrogens is 455 g/mol. The summed E-state index contributed by atoms with van der Waals surface area (Å²) in [6, 6.07) is 54.3. The Kier molecular flexibility index (Phi) is 6.05. The van der Waals surface area contributed by atoms with Crippen molar-refractivity contribution in [3.8, 4) is 0 Å². The molecule has 1 aliphatic rings. The number of hydrogen-bond acceptors (Lipinski definition) is 2. The second-order valence-electron chi connectivity index (χ2n) is 9.22. The van der Waals surface area contributed by atoms with Gasteiger partial charge in [-0.25, -0.2) is 0 Å². The van der Waals surface area contributed by atoms with E-state index >= 15 is 0 Å². The largest absolute Gasteiger partial charge is 0.194 e. The Labute approximate surface area is 213 Å². The van der Waals surface area contributed by atoms with Crippen LogP contribution in [0.5, 0.6) is 0 Å². The Morgan fingerprint density at radius 1 is 0.472 bits per heavy atom. The van der Waals surface area contributed by atoms with Crippen LogP contribution in [0.25, 0.3) is 0 Å². The van der Waals surface area contributed by atoms with Crippen LogP contribution in [0.3, 0.4) is 0 Å². The highest BCUT2D eigenvalue weighted by molar-refractivity contribution is 7.96. The molecule has 0 N–H and O–H groups in total. The second kappa shape index (κ2) is 9.64. The molecule has 0 bridgehead atoms. The van der Waals surface area contributed by atoms with E-state index in [1.54, 1.807) is 0 Å². The smallest absolute Gasteiger partial charge is 0.173 e. The standard InChI is InChI=1S/C33H28N2P/c1-6-16-27(17-7-1)33(28-18-8-2-9-19-28)26-32(34-35-33)36(29-20-10-3-11-21-29,30-22-12-4-13-23-30)31-24-14-5-15-25-31/h1-25,32H,26H2/q+1/t32-/m0/s1. The average molecular weight is 484 g/mol. The van der Waals surface area contributed by atoms with Crippen LogP contribution < -0.4 is 15.9 Å². The van der Waals surface area contributed by atoms with Crippen molar-refractivity contribution in [2.24, 2.45) is 10.2 Å². The number of azo groups is 1. The normalized spacial score (nSPS) is 16.6. The molecule has 0 aliphatic carbocycles. The van der Waals surface area contributed by atoms with Crippen molar-refractivity contribution in [3.63, 3.8) is 0 Å². The molecule has 36 heavy (non-hydrogen) atoms. The maximum absolute atomic E-state index is 5.22. The van der Waals surface area contributed by atoms with Crippen LogP contribution in [0.1, 0.15) is 17.5 Å². The summed E-state index contributed by atoms with van der Waals surface area (Å²) >= 11 is 0. The van der Waals surface area contributed by atoms with E-state index in [1.165, 1.54) is 27.0 Å². The molecule has 0 saturated heterocycles. The highest BCUT2D eigenvalue weighted by Gasteiger charge is 2.58. The van der Waals surface area contributed by atoms with Crippen LogP contribution in [-0.2, 0) is 5.54 Å². The Morgan fingerprint density at radius 3 is 1.17 bits per heavy atom. The van der Waals surface area contributed by atoms with Crippen LogP contribution in [0.2, 0.25) is 0 Å². The molecule has 0 fully saturated rings. The van der Waals surface area contributed by atoms with Crippen molar-refractivity contribution in [1.29, 1.82) is 0 Å². The van der Waals surface area contributed by atoms with Gasteiger partial charge in [0.2, 0.25) is 0 Å². The molecule has 0 radical (unpaired) electrons. The number of hydrogen-bond donors (Lipinski definition) is 0. The van der Waals surface area contributed by atoms with Crippen molar-refractivity contribution in [2.75, 3.05) is 0 Å². The third-order valence-electron chi connectivity index (χ3n) is 7.28. The predicted molar refractivity (Wildman–Crippen MR) is 152 cm³/mol. The lowest BCUT2D eigenvalue weighted by molar-refractivity contribution is 0.542. The Hall–Kier alpha value is -3.87. The highest BCUT2D eigenvalue weighted by atomic mass is 31.2. The van der Waals surface area contributed by atoms with Gasteiger partial charge in [-0.2, -0.15) is 5.11 Å². The summed E-state index contributed by atoms with van der Waals surface area (Å²) in [7, 11) is -2.18. The first-order valence-corrected chi connectivity index (χ1v) is 14.3. The van der Waals surface area contributed by atoms with Gasteiger partial charge in [0.05, 0.1) is 0 Å². The van der Waals surface area contributed by atoms with Crippen LogP contribution in [0.4, 0.5) is 0 Å². The molecule has 0 spiro atoms. The minimum absolute atomic E-state index is 0.00473. The third kappa shape index (κ3) is 3.70. The van der Waals surface area contributed by atoms with Gasteiger partial charge >= 0.3 is 0 Å². The summed E-state index contributed by atoms with van der Waals surface area (Å²) in [4.78, 5) is 0. The van der Waals surface area contributed by atoms with Gasteiger partial charge in [-0.15, -0.1) is 5.11 Å². The lowest BCUT2D eigenvalue weighted by Gasteiger charge is -2.33. The van der Waals surface area contributed by atoms with Crippen molar-refractivity contribution in [3.05, 3.63) is 163 Å². The van der Waals surface area contributed by atoms with Gasteiger partial charge in [-0.05, 0) is 47.5 Å². The fourth-order valence-electron chi connectivity index (χ4n) is 5.62. The molecule has 0 unspecified atom stereocenters. The van der Waals surface area contributed by atoms with E-state index in [-0.39, 0.29) is 5.78 Å². The highest BCUT2D eigenvalue weighted by Crippen LogP contribution is 2.65. The summed E-state index contributed by atoms with van der Waals surface area (Å²) < 4.78 is 0. The Balaban J connectivity index is 1.61. The minimum Gasteiger partial charge on any atom is -0.173 e. The van der Waals surface area contributed by atoms with Crippen LogP contribution in [-0.4, -0.2) is 5.78 Å². The molecule has 5 aromatic carbocycles. The van der Waals surface area contributed by atoms with Crippen molar-refractivity contribution < 1.29 is 0 Å².